The summed E-state index contributed by atoms with van der Waals surface area (Å²) >= 11 is 0. The maximum Gasteiger partial charge on any atom is 0.323 e. The fraction of sp³-hybridized carbons (Fsp3) is 0.125. The highest BCUT2D eigenvalue weighted by atomic mass is 16.5. The van der Waals surface area contributed by atoms with Gasteiger partial charge in [0.15, 0.2) is 17.3 Å². The summed E-state index contributed by atoms with van der Waals surface area (Å²) in [6.07, 6.45) is 3.77. The Hall–Kier alpha value is -4.73. The van der Waals surface area contributed by atoms with Crippen molar-refractivity contribution in [3.05, 3.63) is 73.1 Å². The number of amides is 2. The van der Waals surface area contributed by atoms with Crippen LogP contribution in [0.1, 0.15) is 0 Å². The SMILES string of the molecule is COc1cc(NC(=O)Nc2ccc(Oc3ccc(-n4cccc4)nn3)cc2)cc(OC)c1OC. The smallest absolute Gasteiger partial charge is 0.323 e. The van der Waals surface area contributed by atoms with Crippen LogP contribution >= 0.6 is 0 Å². The maximum absolute atomic E-state index is 12.5. The van der Waals surface area contributed by atoms with Gasteiger partial charge < -0.3 is 34.1 Å². The molecule has 0 radical (unpaired) electrons. The van der Waals surface area contributed by atoms with E-state index in [2.05, 4.69) is 20.8 Å². The lowest BCUT2D eigenvalue weighted by Gasteiger charge is -2.15. The van der Waals surface area contributed by atoms with Gasteiger partial charge in [0, 0.05) is 36.3 Å². The highest BCUT2D eigenvalue weighted by molar-refractivity contribution is 6.00. The molecule has 2 aromatic heterocycles. The van der Waals surface area contributed by atoms with Crippen LogP contribution in [0.25, 0.3) is 5.82 Å². The largest absolute Gasteiger partial charge is 0.493 e. The van der Waals surface area contributed by atoms with Crippen molar-refractivity contribution >= 4 is 17.4 Å². The lowest BCUT2D eigenvalue weighted by Crippen LogP contribution is -2.19. The van der Waals surface area contributed by atoms with Crippen molar-refractivity contribution in [3.8, 4) is 34.7 Å². The number of carbonyl (C=O) groups excluding carboxylic acids is 1. The van der Waals surface area contributed by atoms with E-state index in [1.807, 2.05) is 35.2 Å². The lowest BCUT2D eigenvalue weighted by molar-refractivity contribution is 0.262. The third-order valence-electron chi connectivity index (χ3n) is 4.75. The first-order valence-electron chi connectivity index (χ1n) is 10.2. The number of aromatic nitrogens is 3. The van der Waals surface area contributed by atoms with Crippen molar-refractivity contribution in [1.29, 1.82) is 0 Å². The average Bonchev–Trinajstić information content (AvgIpc) is 3.40. The topological polar surface area (TPSA) is 109 Å². The van der Waals surface area contributed by atoms with Gasteiger partial charge in [0.25, 0.3) is 0 Å². The lowest BCUT2D eigenvalue weighted by atomic mass is 10.2. The zero-order valence-corrected chi connectivity index (χ0v) is 18.8. The molecule has 4 rings (SSSR count). The van der Waals surface area contributed by atoms with Crippen LogP contribution in [0.4, 0.5) is 16.2 Å². The minimum atomic E-state index is -0.436. The second-order valence-corrected chi connectivity index (χ2v) is 6.94. The quantitative estimate of drug-likeness (QED) is 0.390. The van der Waals surface area contributed by atoms with E-state index in [4.69, 9.17) is 18.9 Å². The van der Waals surface area contributed by atoms with Gasteiger partial charge in [-0.1, -0.05) is 0 Å². The van der Waals surface area contributed by atoms with Gasteiger partial charge in [-0.05, 0) is 42.5 Å². The Morgan fingerprint density at radius 3 is 2.00 bits per heavy atom. The highest BCUT2D eigenvalue weighted by Gasteiger charge is 2.14. The standard InChI is InChI=1S/C24H23N5O5/c1-31-19-14-17(15-20(32-2)23(19)33-3)26-24(30)25-16-6-8-18(9-7-16)34-22-11-10-21(27-28-22)29-12-4-5-13-29/h4-15H,1-3H3,(H2,25,26,30). The second-order valence-electron chi connectivity index (χ2n) is 6.94. The number of nitrogens with zero attached hydrogens (tertiary/aromatic N) is 3. The molecule has 0 atom stereocenters. The molecule has 0 aliphatic heterocycles. The predicted molar refractivity (Wildman–Crippen MR) is 127 cm³/mol. The van der Waals surface area contributed by atoms with E-state index in [0.717, 1.165) is 0 Å². The van der Waals surface area contributed by atoms with Crippen LogP contribution in [0.15, 0.2) is 73.1 Å². The van der Waals surface area contributed by atoms with Crippen molar-refractivity contribution < 1.29 is 23.7 Å². The van der Waals surface area contributed by atoms with Gasteiger partial charge in [-0.15, -0.1) is 10.2 Å². The van der Waals surface area contributed by atoms with E-state index < -0.39 is 6.03 Å². The van der Waals surface area contributed by atoms with Crippen LogP contribution in [0, 0.1) is 0 Å². The molecule has 0 spiro atoms. The molecule has 4 aromatic rings. The molecule has 0 saturated carbocycles. The summed E-state index contributed by atoms with van der Waals surface area (Å²) in [6, 6.07) is 17.1. The molecule has 174 valence electrons. The summed E-state index contributed by atoms with van der Waals surface area (Å²) in [5.74, 6) is 2.91. The zero-order valence-electron chi connectivity index (χ0n) is 18.8. The molecular weight excluding hydrogens is 438 g/mol. The Labute approximate surface area is 196 Å². The monoisotopic (exact) mass is 461 g/mol. The van der Waals surface area contributed by atoms with Crippen molar-refractivity contribution in [3.63, 3.8) is 0 Å². The van der Waals surface area contributed by atoms with Crippen LogP contribution in [-0.4, -0.2) is 42.1 Å². The molecule has 0 aliphatic carbocycles. The maximum atomic E-state index is 12.5. The molecule has 0 bridgehead atoms. The number of carbonyl (C=O) groups is 1. The number of anilines is 2. The minimum Gasteiger partial charge on any atom is -0.493 e. The van der Waals surface area contributed by atoms with E-state index >= 15 is 0 Å². The predicted octanol–water partition coefficient (Wildman–Crippen LogP) is 4.73. The Morgan fingerprint density at radius 2 is 1.44 bits per heavy atom. The van der Waals surface area contributed by atoms with Crippen LogP contribution in [-0.2, 0) is 0 Å². The van der Waals surface area contributed by atoms with Gasteiger partial charge >= 0.3 is 6.03 Å². The number of hydrogen-bond acceptors (Lipinski definition) is 7. The Balaban J connectivity index is 1.37. The van der Waals surface area contributed by atoms with Crippen LogP contribution < -0.4 is 29.6 Å². The molecule has 34 heavy (non-hydrogen) atoms. The molecule has 2 aromatic carbocycles. The van der Waals surface area contributed by atoms with E-state index in [1.54, 1.807) is 42.5 Å². The van der Waals surface area contributed by atoms with Crippen LogP contribution in [0.3, 0.4) is 0 Å². The number of nitrogens with one attached hydrogen (secondary N) is 2. The number of urea groups is 1. The fourth-order valence-corrected chi connectivity index (χ4v) is 3.17. The molecular formula is C24H23N5O5. The number of rotatable bonds is 8. The number of ether oxygens (including phenoxy) is 4. The van der Waals surface area contributed by atoms with Crippen LogP contribution in [0.5, 0.6) is 28.9 Å². The third kappa shape index (κ3) is 5.18. The first kappa shape index (κ1) is 22.5. The molecule has 2 heterocycles. The molecule has 0 fully saturated rings. The molecule has 0 saturated heterocycles. The number of hydrogen-bond donors (Lipinski definition) is 2. The summed E-state index contributed by atoms with van der Waals surface area (Å²) in [5, 5.41) is 13.7. The van der Waals surface area contributed by atoms with E-state index in [-0.39, 0.29) is 0 Å². The first-order valence-corrected chi connectivity index (χ1v) is 10.2. The first-order chi connectivity index (χ1) is 16.6. The summed E-state index contributed by atoms with van der Waals surface area (Å²) in [6.45, 7) is 0. The second kappa shape index (κ2) is 10.3. The Bertz CT molecular complexity index is 1220. The van der Waals surface area contributed by atoms with Gasteiger partial charge in [0.2, 0.25) is 11.6 Å². The number of methoxy groups -OCH3 is 3. The molecule has 0 unspecified atom stereocenters. The zero-order chi connectivity index (χ0) is 23.9. The van der Waals surface area contributed by atoms with E-state index in [9.17, 15) is 4.79 Å². The fourth-order valence-electron chi connectivity index (χ4n) is 3.17. The Morgan fingerprint density at radius 1 is 0.794 bits per heavy atom. The average molecular weight is 461 g/mol. The third-order valence-corrected chi connectivity index (χ3v) is 4.75. The van der Waals surface area contributed by atoms with Crippen molar-refractivity contribution in [1.82, 2.24) is 14.8 Å². The molecule has 0 aliphatic rings. The summed E-state index contributed by atoms with van der Waals surface area (Å²) in [5.41, 5.74) is 1.06. The van der Waals surface area contributed by atoms with Crippen molar-refractivity contribution in [2.75, 3.05) is 32.0 Å². The van der Waals surface area contributed by atoms with Crippen molar-refractivity contribution in [2.24, 2.45) is 0 Å². The van der Waals surface area contributed by atoms with Gasteiger partial charge in [-0.3, -0.25) is 0 Å². The Kier molecular flexibility index (Phi) is 6.78. The number of benzene rings is 2. The molecule has 10 heteroatoms. The van der Waals surface area contributed by atoms with E-state index in [1.165, 1.54) is 21.3 Å². The van der Waals surface area contributed by atoms with Crippen molar-refractivity contribution in [2.45, 2.75) is 0 Å². The summed E-state index contributed by atoms with van der Waals surface area (Å²) < 4.78 is 23.5. The van der Waals surface area contributed by atoms with Gasteiger partial charge in [-0.25, -0.2) is 4.79 Å². The normalized spacial score (nSPS) is 10.3. The van der Waals surface area contributed by atoms with Gasteiger partial charge in [0.1, 0.15) is 5.75 Å². The highest BCUT2D eigenvalue weighted by Crippen LogP contribution is 2.40. The van der Waals surface area contributed by atoms with Crippen LogP contribution in [0.2, 0.25) is 0 Å². The minimum absolute atomic E-state index is 0.358. The van der Waals surface area contributed by atoms with Gasteiger partial charge in [0.05, 0.1) is 27.0 Å². The van der Waals surface area contributed by atoms with Gasteiger partial charge in [-0.2, -0.15) is 0 Å². The molecule has 2 N–H and O–H groups in total. The molecule has 2 amide bonds. The summed E-state index contributed by atoms with van der Waals surface area (Å²) in [4.78, 5) is 12.5. The summed E-state index contributed by atoms with van der Waals surface area (Å²) in [7, 11) is 4.53. The molecule has 10 nitrogen and oxygen atoms in total. The van der Waals surface area contributed by atoms with E-state index in [0.29, 0.717) is 46.1 Å².